The summed E-state index contributed by atoms with van der Waals surface area (Å²) >= 11 is 6.60. The number of hydrogen-bond acceptors (Lipinski definition) is 2. The van der Waals surface area contributed by atoms with Crippen molar-refractivity contribution in [2.24, 2.45) is 5.73 Å². The molecule has 0 aliphatic rings. The van der Waals surface area contributed by atoms with Crippen LogP contribution in [0.25, 0.3) is 0 Å². The predicted octanol–water partition coefficient (Wildman–Crippen LogP) is 2.25. The largest absolute Gasteiger partial charge is 0.496 e. The number of benzene rings is 1. The normalized spacial score (nSPS) is 12.2. The van der Waals surface area contributed by atoms with Gasteiger partial charge in [0.15, 0.2) is 0 Å². The third-order valence-electron chi connectivity index (χ3n) is 1.94. The summed E-state index contributed by atoms with van der Waals surface area (Å²) in [5.41, 5.74) is 6.17. The van der Waals surface area contributed by atoms with Crippen molar-refractivity contribution in [3.8, 4) is 5.75 Å². The summed E-state index contributed by atoms with van der Waals surface area (Å²) in [6.45, 7) is 0. The molecule has 0 saturated carbocycles. The van der Waals surface area contributed by atoms with E-state index in [4.69, 9.17) is 10.5 Å². The molecule has 0 aliphatic carbocycles. The minimum Gasteiger partial charge on any atom is -0.496 e. The van der Waals surface area contributed by atoms with Crippen LogP contribution in [0.2, 0.25) is 0 Å². The van der Waals surface area contributed by atoms with Gasteiger partial charge in [-0.25, -0.2) is 0 Å². The standard InChI is InChI=1S/C10H11Br2NO2/c1-15-9-3-2-6(4-7(9)11)5-8(12)10(13)14/h2-4,8H,5H2,1H3,(H2,13,14). The van der Waals surface area contributed by atoms with Gasteiger partial charge in [-0.1, -0.05) is 22.0 Å². The van der Waals surface area contributed by atoms with Crippen LogP contribution < -0.4 is 10.5 Å². The Morgan fingerprint density at radius 3 is 2.73 bits per heavy atom. The van der Waals surface area contributed by atoms with Crippen molar-refractivity contribution in [1.82, 2.24) is 0 Å². The van der Waals surface area contributed by atoms with Gasteiger partial charge in [-0.05, 0) is 40.0 Å². The number of methoxy groups -OCH3 is 1. The molecule has 0 saturated heterocycles. The summed E-state index contributed by atoms with van der Waals surface area (Å²) in [6.07, 6.45) is 0.567. The van der Waals surface area contributed by atoms with Crippen molar-refractivity contribution >= 4 is 37.8 Å². The molecule has 1 aromatic carbocycles. The second-order valence-corrected chi connectivity index (χ2v) is 5.00. The highest BCUT2D eigenvalue weighted by Gasteiger charge is 2.12. The topological polar surface area (TPSA) is 52.3 Å². The van der Waals surface area contributed by atoms with E-state index >= 15 is 0 Å². The van der Waals surface area contributed by atoms with Gasteiger partial charge in [-0.2, -0.15) is 0 Å². The van der Waals surface area contributed by atoms with E-state index in [1.807, 2.05) is 18.2 Å². The van der Waals surface area contributed by atoms with Crippen molar-refractivity contribution in [2.45, 2.75) is 11.2 Å². The van der Waals surface area contributed by atoms with Gasteiger partial charge in [0, 0.05) is 0 Å². The molecule has 0 radical (unpaired) electrons. The van der Waals surface area contributed by atoms with E-state index in [2.05, 4.69) is 31.9 Å². The highest BCUT2D eigenvalue weighted by Crippen LogP contribution is 2.26. The number of rotatable bonds is 4. The minimum atomic E-state index is -0.359. The Bertz CT molecular complexity index is 368. The molecule has 3 nitrogen and oxygen atoms in total. The zero-order valence-corrected chi connectivity index (χ0v) is 11.3. The molecule has 1 atom stereocenters. The lowest BCUT2D eigenvalue weighted by Gasteiger charge is -2.08. The smallest absolute Gasteiger partial charge is 0.231 e. The number of nitrogens with two attached hydrogens (primary N) is 1. The Labute approximate surface area is 105 Å². The zero-order valence-electron chi connectivity index (χ0n) is 8.17. The summed E-state index contributed by atoms with van der Waals surface area (Å²) < 4.78 is 5.97. The van der Waals surface area contributed by atoms with Gasteiger partial charge >= 0.3 is 0 Å². The van der Waals surface area contributed by atoms with E-state index in [0.717, 1.165) is 15.8 Å². The minimum absolute atomic E-state index is 0.335. The number of carbonyl (C=O) groups is 1. The maximum absolute atomic E-state index is 10.9. The van der Waals surface area contributed by atoms with E-state index in [9.17, 15) is 4.79 Å². The fourth-order valence-electron chi connectivity index (χ4n) is 1.14. The van der Waals surface area contributed by atoms with Crippen LogP contribution in [0.1, 0.15) is 5.56 Å². The van der Waals surface area contributed by atoms with Gasteiger partial charge in [0.25, 0.3) is 0 Å². The molecule has 0 heterocycles. The van der Waals surface area contributed by atoms with Crippen LogP contribution in [0.4, 0.5) is 0 Å². The van der Waals surface area contributed by atoms with Gasteiger partial charge in [0.1, 0.15) is 5.75 Å². The number of alkyl halides is 1. The number of amides is 1. The van der Waals surface area contributed by atoms with Gasteiger partial charge in [-0.15, -0.1) is 0 Å². The van der Waals surface area contributed by atoms with Crippen molar-refractivity contribution in [3.05, 3.63) is 28.2 Å². The maximum atomic E-state index is 10.9. The molecule has 2 N–H and O–H groups in total. The van der Waals surface area contributed by atoms with Crippen molar-refractivity contribution in [1.29, 1.82) is 0 Å². The molecule has 1 aromatic rings. The van der Waals surface area contributed by atoms with Crippen molar-refractivity contribution in [3.63, 3.8) is 0 Å². The second-order valence-electron chi connectivity index (χ2n) is 3.04. The second kappa shape index (κ2) is 5.51. The average molecular weight is 337 g/mol. The zero-order chi connectivity index (χ0) is 11.4. The van der Waals surface area contributed by atoms with E-state index in [0.29, 0.717) is 6.42 Å². The molecule has 0 aliphatic heterocycles. The molecule has 5 heteroatoms. The third-order valence-corrected chi connectivity index (χ3v) is 3.33. The molecule has 0 aromatic heterocycles. The van der Waals surface area contributed by atoms with Crippen LogP contribution in [-0.2, 0) is 11.2 Å². The van der Waals surface area contributed by atoms with E-state index in [-0.39, 0.29) is 10.7 Å². The molecule has 1 rings (SSSR count). The molecule has 1 amide bonds. The van der Waals surface area contributed by atoms with E-state index in [1.54, 1.807) is 7.11 Å². The fraction of sp³-hybridized carbons (Fsp3) is 0.300. The fourth-order valence-corrected chi connectivity index (χ4v) is 2.11. The van der Waals surface area contributed by atoms with E-state index < -0.39 is 0 Å². The molecular formula is C10H11Br2NO2. The first-order valence-electron chi connectivity index (χ1n) is 4.30. The lowest BCUT2D eigenvalue weighted by Crippen LogP contribution is -2.24. The van der Waals surface area contributed by atoms with E-state index in [1.165, 1.54) is 0 Å². The van der Waals surface area contributed by atoms with Gasteiger partial charge in [0.05, 0.1) is 16.4 Å². The number of halogens is 2. The Morgan fingerprint density at radius 1 is 1.60 bits per heavy atom. The van der Waals surface area contributed by atoms with Crippen LogP contribution in [0, 0.1) is 0 Å². The summed E-state index contributed by atoms with van der Waals surface area (Å²) in [7, 11) is 1.61. The molecule has 0 fully saturated rings. The number of hydrogen-bond donors (Lipinski definition) is 1. The lowest BCUT2D eigenvalue weighted by molar-refractivity contribution is -0.117. The Hall–Kier alpha value is -0.550. The Balaban J connectivity index is 2.79. The molecule has 82 valence electrons. The van der Waals surface area contributed by atoms with Crippen molar-refractivity contribution in [2.75, 3.05) is 7.11 Å². The Kier molecular flexibility index (Phi) is 4.60. The number of carbonyl (C=O) groups excluding carboxylic acids is 1. The first kappa shape index (κ1) is 12.5. The lowest BCUT2D eigenvalue weighted by atomic mass is 10.1. The first-order chi connectivity index (χ1) is 7.04. The van der Waals surface area contributed by atoms with Gasteiger partial charge < -0.3 is 10.5 Å². The SMILES string of the molecule is COc1ccc(CC(Br)C(N)=O)cc1Br. The van der Waals surface area contributed by atoms with Gasteiger partial charge in [-0.3, -0.25) is 4.79 Å². The molecular weight excluding hydrogens is 326 g/mol. The van der Waals surface area contributed by atoms with Crippen LogP contribution in [0.3, 0.4) is 0 Å². The summed E-state index contributed by atoms with van der Waals surface area (Å²) in [5.74, 6) is 0.408. The molecule has 0 spiro atoms. The maximum Gasteiger partial charge on any atom is 0.231 e. The van der Waals surface area contributed by atoms with Gasteiger partial charge in [0.2, 0.25) is 5.91 Å². The van der Waals surface area contributed by atoms with Crippen LogP contribution >= 0.6 is 31.9 Å². The van der Waals surface area contributed by atoms with Crippen LogP contribution in [-0.4, -0.2) is 17.8 Å². The first-order valence-corrected chi connectivity index (χ1v) is 6.01. The quantitative estimate of drug-likeness (QED) is 0.857. The molecule has 15 heavy (non-hydrogen) atoms. The highest BCUT2D eigenvalue weighted by atomic mass is 79.9. The third kappa shape index (κ3) is 3.50. The van der Waals surface area contributed by atoms with Crippen LogP contribution in [0.5, 0.6) is 5.75 Å². The number of primary amides is 1. The Morgan fingerprint density at radius 2 is 2.27 bits per heavy atom. The molecule has 0 bridgehead atoms. The van der Waals surface area contributed by atoms with Crippen molar-refractivity contribution < 1.29 is 9.53 Å². The summed E-state index contributed by atoms with van der Waals surface area (Å²) in [5, 5.41) is 0. The monoisotopic (exact) mass is 335 g/mol. The predicted molar refractivity (Wildman–Crippen MR) is 66.3 cm³/mol. The average Bonchev–Trinajstić information content (AvgIpc) is 2.18. The summed E-state index contributed by atoms with van der Waals surface area (Å²) in [4.78, 5) is 10.5. The summed E-state index contributed by atoms with van der Waals surface area (Å²) in [6, 6.07) is 5.66. The number of ether oxygens (including phenoxy) is 1. The highest BCUT2D eigenvalue weighted by molar-refractivity contribution is 9.10. The molecule has 1 unspecified atom stereocenters. The van der Waals surface area contributed by atoms with Crippen LogP contribution in [0.15, 0.2) is 22.7 Å².